The summed E-state index contributed by atoms with van der Waals surface area (Å²) in [7, 11) is 0. The molecule has 0 spiro atoms. The van der Waals surface area contributed by atoms with Crippen molar-refractivity contribution >= 4 is 5.91 Å². The van der Waals surface area contributed by atoms with Crippen LogP contribution in [0.2, 0.25) is 0 Å². The van der Waals surface area contributed by atoms with Crippen molar-refractivity contribution < 1.29 is 20.1 Å². The molecule has 0 aliphatic heterocycles. The number of allylic oxidation sites excluding steroid dienone is 3. The lowest BCUT2D eigenvalue weighted by Gasteiger charge is -2.21. The predicted octanol–water partition coefficient (Wildman–Crippen LogP) is 9.48. The van der Waals surface area contributed by atoms with Crippen LogP contribution in [-0.4, -0.2) is 46.1 Å². The SMILES string of the molecule is CCCCCCCCCCCC/C=C/CC/C=C/C(O)C(CO)NC(=O)CC(O)CCCCCCCCCCCCC. The second kappa shape index (κ2) is 32.7. The molecule has 0 aromatic rings. The van der Waals surface area contributed by atoms with E-state index in [2.05, 4.69) is 31.3 Å². The summed E-state index contributed by atoms with van der Waals surface area (Å²) in [5, 5.41) is 33.0. The van der Waals surface area contributed by atoms with Gasteiger partial charge in [0.15, 0.2) is 0 Å². The fourth-order valence-electron chi connectivity index (χ4n) is 5.41. The Morgan fingerprint density at radius 3 is 1.52 bits per heavy atom. The molecule has 0 aliphatic rings. The van der Waals surface area contributed by atoms with Gasteiger partial charge in [-0.25, -0.2) is 0 Å². The molecule has 4 N–H and O–H groups in total. The average Bonchev–Trinajstić information content (AvgIpc) is 2.98. The largest absolute Gasteiger partial charge is 0.394 e. The standard InChI is InChI=1S/C37H71NO4/c1-3-5-7-9-11-13-15-16-17-18-19-21-23-25-27-29-31-36(41)35(33-39)38-37(42)32-34(40)30-28-26-24-22-20-14-12-10-8-6-4-2/h21,23,29,31,34-36,39-41H,3-20,22,24-28,30,32-33H2,1-2H3,(H,38,42)/b23-21+,31-29+. The topological polar surface area (TPSA) is 89.8 Å². The highest BCUT2D eigenvalue weighted by atomic mass is 16.3. The summed E-state index contributed by atoms with van der Waals surface area (Å²) in [6.07, 6.45) is 37.3. The van der Waals surface area contributed by atoms with Crippen LogP contribution in [0.3, 0.4) is 0 Å². The second-order valence-corrected chi connectivity index (χ2v) is 12.5. The van der Waals surface area contributed by atoms with Gasteiger partial charge in [-0.15, -0.1) is 0 Å². The van der Waals surface area contributed by atoms with Gasteiger partial charge in [-0.05, 0) is 32.1 Å². The minimum absolute atomic E-state index is 0.00847. The van der Waals surface area contributed by atoms with E-state index in [9.17, 15) is 20.1 Å². The summed E-state index contributed by atoms with van der Waals surface area (Å²) < 4.78 is 0. The molecule has 0 heterocycles. The third kappa shape index (κ3) is 28.9. The first kappa shape index (κ1) is 40.8. The van der Waals surface area contributed by atoms with Crippen molar-refractivity contribution in [2.75, 3.05) is 6.61 Å². The quantitative estimate of drug-likeness (QED) is 0.0462. The zero-order valence-corrected chi connectivity index (χ0v) is 27.9. The highest BCUT2D eigenvalue weighted by Gasteiger charge is 2.20. The summed E-state index contributed by atoms with van der Waals surface area (Å²) in [6.45, 7) is 4.17. The van der Waals surface area contributed by atoms with Crippen molar-refractivity contribution in [2.45, 2.75) is 199 Å². The van der Waals surface area contributed by atoms with Crippen LogP contribution in [0.25, 0.3) is 0 Å². The van der Waals surface area contributed by atoms with E-state index in [0.29, 0.717) is 6.42 Å². The summed E-state index contributed by atoms with van der Waals surface area (Å²) in [5.41, 5.74) is 0. The fourth-order valence-corrected chi connectivity index (χ4v) is 5.41. The number of hydrogen-bond acceptors (Lipinski definition) is 4. The Kier molecular flexibility index (Phi) is 31.8. The van der Waals surface area contributed by atoms with Gasteiger partial charge in [-0.2, -0.15) is 0 Å². The molecular formula is C37H71NO4. The van der Waals surface area contributed by atoms with Crippen molar-refractivity contribution in [1.29, 1.82) is 0 Å². The van der Waals surface area contributed by atoms with Crippen LogP contribution in [0, 0.1) is 0 Å². The lowest BCUT2D eigenvalue weighted by atomic mass is 10.0. The second-order valence-electron chi connectivity index (χ2n) is 12.5. The van der Waals surface area contributed by atoms with E-state index in [1.807, 2.05) is 6.08 Å². The Morgan fingerprint density at radius 1 is 0.595 bits per heavy atom. The number of hydrogen-bond donors (Lipinski definition) is 4. The van der Waals surface area contributed by atoms with Crippen LogP contribution < -0.4 is 5.32 Å². The summed E-state index contributed by atoms with van der Waals surface area (Å²) >= 11 is 0. The van der Waals surface area contributed by atoms with Crippen LogP contribution >= 0.6 is 0 Å². The Morgan fingerprint density at radius 2 is 1.02 bits per heavy atom. The highest BCUT2D eigenvalue weighted by Crippen LogP contribution is 2.14. The normalized spacial score (nSPS) is 14.1. The maximum Gasteiger partial charge on any atom is 0.222 e. The molecule has 0 aromatic heterocycles. The lowest BCUT2D eigenvalue weighted by molar-refractivity contribution is -0.124. The predicted molar refractivity (Wildman–Crippen MR) is 181 cm³/mol. The van der Waals surface area contributed by atoms with Gasteiger partial charge in [0, 0.05) is 0 Å². The number of carbonyl (C=O) groups excluding carboxylic acids is 1. The number of aliphatic hydroxyl groups excluding tert-OH is 3. The van der Waals surface area contributed by atoms with Crippen molar-refractivity contribution in [3.63, 3.8) is 0 Å². The Labute approximate surface area is 261 Å². The number of aliphatic hydroxyl groups is 3. The van der Waals surface area contributed by atoms with E-state index in [-0.39, 0.29) is 18.9 Å². The van der Waals surface area contributed by atoms with Gasteiger partial charge in [0.1, 0.15) is 0 Å². The molecule has 5 heteroatoms. The molecule has 0 aliphatic carbocycles. The Bertz CT molecular complexity index is 621. The molecule has 42 heavy (non-hydrogen) atoms. The Hall–Kier alpha value is -1.17. The third-order valence-corrected chi connectivity index (χ3v) is 8.24. The summed E-state index contributed by atoms with van der Waals surface area (Å²) in [6, 6.07) is -0.755. The number of rotatable bonds is 32. The molecule has 0 aromatic carbocycles. The van der Waals surface area contributed by atoms with Crippen molar-refractivity contribution in [1.82, 2.24) is 5.32 Å². The first-order chi connectivity index (χ1) is 20.5. The molecule has 248 valence electrons. The molecule has 1 amide bonds. The minimum atomic E-state index is -0.946. The van der Waals surface area contributed by atoms with E-state index >= 15 is 0 Å². The molecule has 0 rings (SSSR count). The van der Waals surface area contributed by atoms with E-state index in [4.69, 9.17) is 0 Å². The molecule has 3 atom stereocenters. The Balaban J connectivity index is 3.79. The van der Waals surface area contributed by atoms with Gasteiger partial charge in [-0.3, -0.25) is 4.79 Å². The van der Waals surface area contributed by atoms with Crippen LogP contribution in [0.1, 0.15) is 181 Å². The van der Waals surface area contributed by atoms with E-state index in [1.165, 1.54) is 122 Å². The molecule has 3 unspecified atom stereocenters. The van der Waals surface area contributed by atoms with Gasteiger partial charge in [0.05, 0.1) is 31.3 Å². The van der Waals surface area contributed by atoms with Crippen molar-refractivity contribution in [3.05, 3.63) is 24.3 Å². The number of unbranched alkanes of at least 4 members (excludes halogenated alkanes) is 21. The monoisotopic (exact) mass is 594 g/mol. The molecule has 0 saturated carbocycles. The number of amides is 1. The van der Waals surface area contributed by atoms with Crippen LogP contribution in [0.4, 0.5) is 0 Å². The van der Waals surface area contributed by atoms with E-state index in [1.54, 1.807) is 6.08 Å². The molecule has 0 bridgehead atoms. The smallest absolute Gasteiger partial charge is 0.222 e. The maximum absolute atomic E-state index is 12.3. The third-order valence-electron chi connectivity index (χ3n) is 8.24. The molecule has 5 nitrogen and oxygen atoms in total. The fraction of sp³-hybridized carbons (Fsp3) is 0.865. The first-order valence-corrected chi connectivity index (χ1v) is 18.1. The number of nitrogens with one attached hydrogen (secondary N) is 1. The van der Waals surface area contributed by atoms with Crippen molar-refractivity contribution in [3.8, 4) is 0 Å². The maximum atomic E-state index is 12.3. The van der Waals surface area contributed by atoms with Gasteiger partial charge < -0.3 is 20.6 Å². The summed E-state index contributed by atoms with van der Waals surface area (Å²) in [5.74, 6) is -0.327. The lowest BCUT2D eigenvalue weighted by Crippen LogP contribution is -2.45. The molecule has 0 radical (unpaired) electrons. The minimum Gasteiger partial charge on any atom is -0.394 e. The number of carbonyl (C=O) groups is 1. The van der Waals surface area contributed by atoms with Gasteiger partial charge >= 0.3 is 0 Å². The zero-order chi connectivity index (χ0) is 30.9. The van der Waals surface area contributed by atoms with Gasteiger partial charge in [0.2, 0.25) is 5.91 Å². The zero-order valence-electron chi connectivity index (χ0n) is 27.9. The molecular weight excluding hydrogens is 522 g/mol. The average molecular weight is 594 g/mol. The van der Waals surface area contributed by atoms with Gasteiger partial charge in [0.25, 0.3) is 0 Å². The van der Waals surface area contributed by atoms with E-state index < -0.39 is 18.2 Å². The van der Waals surface area contributed by atoms with E-state index in [0.717, 1.165) is 32.1 Å². The first-order valence-electron chi connectivity index (χ1n) is 18.1. The molecule has 0 fully saturated rings. The van der Waals surface area contributed by atoms with Gasteiger partial charge in [-0.1, -0.05) is 167 Å². The van der Waals surface area contributed by atoms with Crippen LogP contribution in [0.15, 0.2) is 24.3 Å². The van der Waals surface area contributed by atoms with Crippen molar-refractivity contribution in [2.24, 2.45) is 0 Å². The highest BCUT2D eigenvalue weighted by molar-refractivity contribution is 5.76. The molecule has 0 saturated heterocycles. The van der Waals surface area contributed by atoms with Crippen LogP contribution in [0.5, 0.6) is 0 Å². The van der Waals surface area contributed by atoms with Crippen LogP contribution in [-0.2, 0) is 4.79 Å². The summed E-state index contributed by atoms with van der Waals surface area (Å²) in [4.78, 5) is 12.3.